The summed E-state index contributed by atoms with van der Waals surface area (Å²) in [4.78, 5) is 1.91. The van der Waals surface area contributed by atoms with Gasteiger partial charge in [0.25, 0.3) is 0 Å². The molecule has 12 heavy (non-hydrogen) atoms. The Morgan fingerprint density at radius 3 is 2.42 bits per heavy atom. The number of likely N-dealkylation sites (N-methyl/N-ethyl adjacent to an activating group) is 1. The molecular formula is C8H17NO3. The third-order valence-corrected chi connectivity index (χ3v) is 2.29. The highest BCUT2D eigenvalue weighted by molar-refractivity contribution is 4.84. The largest absolute Gasteiger partial charge is 0.386 e. The van der Waals surface area contributed by atoms with Gasteiger partial charge in [-0.05, 0) is 27.4 Å². The molecule has 2 N–H and O–H groups in total. The van der Waals surface area contributed by atoms with E-state index in [1.165, 1.54) is 0 Å². The fourth-order valence-electron chi connectivity index (χ4n) is 1.56. The number of rotatable bonds is 1. The SMILES string of the molecule is CC1CC(N(C)C)[C@@H](O)C(O)O1. The van der Waals surface area contributed by atoms with Crippen LogP contribution in [0.2, 0.25) is 0 Å². The summed E-state index contributed by atoms with van der Waals surface area (Å²) in [6.45, 7) is 1.89. The summed E-state index contributed by atoms with van der Waals surface area (Å²) in [7, 11) is 3.78. The minimum Gasteiger partial charge on any atom is -0.386 e. The molecule has 4 nitrogen and oxygen atoms in total. The maximum atomic E-state index is 9.51. The molecule has 72 valence electrons. The van der Waals surface area contributed by atoms with Crippen molar-refractivity contribution in [3.8, 4) is 0 Å². The van der Waals surface area contributed by atoms with Gasteiger partial charge in [0.2, 0.25) is 0 Å². The highest BCUT2D eigenvalue weighted by Crippen LogP contribution is 2.21. The second kappa shape index (κ2) is 3.70. The van der Waals surface area contributed by atoms with Gasteiger partial charge in [0.1, 0.15) is 6.10 Å². The summed E-state index contributed by atoms with van der Waals surface area (Å²) in [5.41, 5.74) is 0. The normalized spacial score (nSPS) is 43.5. The first-order chi connectivity index (χ1) is 5.52. The van der Waals surface area contributed by atoms with E-state index in [9.17, 15) is 10.2 Å². The van der Waals surface area contributed by atoms with Crippen molar-refractivity contribution >= 4 is 0 Å². The molecule has 1 rings (SSSR count). The van der Waals surface area contributed by atoms with Crippen molar-refractivity contribution in [2.75, 3.05) is 14.1 Å². The molecular weight excluding hydrogens is 158 g/mol. The lowest BCUT2D eigenvalue weighted by molar-refractivity contribution is -0.230. The number of aliphatic hydroxyl groups is 2. The maximum absolute atomic E-state index is 9.51. The van der Waals surface area contributed by atoms with Crippen LogP contribution in [0.15, 0.2) is 0 Å². The van der Waals surface area contributed by atoms with Gasteiger partial charge in [-0.15, -0.1) is 0 Å². The van der Waals surface area contributed by atoms with Gasteiger partial charge in [-0.3, -0.25) is 0 Å². The number of nitrogens with zero attached hydrogens (tertiary/aromatic N) is 1. The summed E-state index contributed by atoms with van der Waals surface area (Å²) in [6.07, 6.45) is -1.07. The van der Waals surface area contributed by atoms with Crippen molar-refractivity contribution in [3.63, 3.8) is 0 Å². The second-order valence-corrected chi connectivity index (χ2v) is 3.59. The van der Waals surface area contributed by atoms with E-state index < -0.39 is 12.4 Å². The predicted octanol–water partition coefficient (Wildman–Crippen LogP) is -0.595. The van der Waals surface area contributed by atoms with Gasteiger partial charge in [0, 0.05) is 6.04 Å². The second-order valence-electron chi connectivity index (χ2n) is 3.59. The molecule has 0 saturated carbocycles. The third-order valence-electron chi connectivity index (χ3n) is 2.29. The molecule has 0 bridgehead atoms. The molecule has 1 aliphatic rings. The number of hydrogen-bond donors (Lipinski definition) is 2. The Kier molecular flexibility index (Phi) is 3.06. The summed E-state index contributed by atoms with van der Waals surface area (Å²) >= 11 is 0. The molecule has 3 unspecified atom stereocenters. The molecule has 0 spiro atoms. The highest BCUT2D eigenvalue weighted by Gasteiger charge is 2.35. The van der Waals surface area contributed by atoms with Crippen LogP contribution in [0.3, 0.4) is 0 Å². The molecule has 1 saturated heterocycles. The topological polar surface area (TPSA) is 52.9 Å². The van der Waals surface area contributed by atoms with E-state index in [-0.39, 0.29) is 12.1 Å². The van der Waals surface area contributed by atoms with Gasteiger partial charge < -0.3 is 19.8 Å². The van der Waals surface area contributed by atoms with Crippen molar-refractivity contribution in [3.05, 3.63) is 0 Å². The predicted molar refractivity (Wildman–Crippen MR) is 44.7 cm³/mol. The quantitative estimate of drug-likeness (QED) is 0.559. The van der Waals surface area contributed by atoms with Gasteiger partial charge in [-0.1, -0.05) is 0 Å². The van der Waals surface area contributed by atoms with E-state index in [0.717, 1.165) is 6.42 Å². The van der Waals surface area contributed by atoms with Crippen LogP contribution in [0, 0.1) is 0 Å². The zero-order valence-electron chi connectivity index (χ0n) is 7.77. The fraction of sp³-hybridized carbons (Fsp3) is 1.00. The molecule has 1 heterocycles. The fourth-order valence-corrected chi connectivity index (χ4v) is 1.56. The molecule has 4 heteroatoms. The van der Waals surface area contributed by atoms with Crippen molar-refractivity contribution in [2.45, 2.75) is 37.9 Å². The Morgan fingerprint density at radius 2 is 1.92 bits per heavy atom. The lowest BCUT2D eigenvalue weighted by atomic mass is 9.99. The van der Waals surface area contributed by atoms with Gasteiger partial charge in [0.05, 0.1) is 6.10 Å². The van der Waals surface area contributed by atoms with Gasteiger partial charge in [0.15, 0.2) is 6.29 Å². The van der Waals surface area contributed by atoms with Crippen molar-refractivity contribution < 1.29 is 14.9 Å². The van der Waals surface area contributed by atoms with Crippen LogP contribution in [-0.2, 0) is 4.74 Å². The van der Waals surface area contributed by atoms with Crippen LogP contribution < -0.4 is 0 Å². The Hall–Kier alpha value is -0.160. The van der Waals surface area contributed by atoms with Crippen molar-refractivity contribution in [1.29, 1.82) is 0 Å². The lowest BCUT2D eigenvalue weighted by Gasteiger charge is -2.38. The third kappa shape index (κ3) is 1.95. The van der Waals surface area contributed by atoms with Gasteiger partial charge >= 0.3 is 0 Å². The van der Waals surface area contributed by atoms with Crippen LogP contribution in [0.25, 0.3) is 0 Å². The van der Waals surface area contributed by atoms with Crippen LogP contribution in [-0.4, -0.2) is 53.7 Å². The average molecular weight is 175 g/mol. The van der Waals surface area contributed by atoms with E-state index in [1.54, 1.807) is 0 Å². The van der Waals surface area contributed by atoms with Crippen molar-refractivity contribution in [1.82, 2.24) is 4.90 Å². The molecule has 0 aromatic heterocycles. The molecule has 4 atom stereocenters. The Balaban J connectivity index is 2.60. The Labute approximate surface area is 72.7 Å². The standard InChI is InChI=1S/C8H17NO3/c1-5-4-6(9(2)3)7(10)8(11)12-5/h5-8,10-11H,4H2,1-3H3/t5?,6?,7-,8?/m1/s1. The van der Waals surface area contributed by atoms with Crippen LogP contribution in [0.1, 0.15) is 13.3 Å². The summed E-state index contributed by atoms with van der Waals surface area (Å²) < 4.78 is 5.06. The van der Waals surface area contributed by atoms with Gasteiger partial charge in [-0.25, -0.2) is 0 Å². The summed E-state index contributed by atoms with van der Waals surface area (Å²) in [6, 6.07) is -0.0104. The highest BCUT2D eigenvalue weighted by atomic mass is 16.6. The molecule has 1 aliphatic heterocycles. The van der Waals surface area contributed by atoms with Crippen LogP contribution >= 0.6 is 0 Å². The summed E-state index contributed by atoms with van der Waals surface area (Å²) in [5, 5.41) is 18.8. The van der Waals surface area contributed by atoms with Crippen LogP contribution in [0.5, 0.6) is 0 Å². The zero-order valence-corrected chi connectivity index (χ0v) is 7.77. The molecule has 0 aromatic carbocycles. The minimum absolute atomic E-state index is 0.01000. The number of aliphatic hydroxyl groups excluding tert-OH is 2. The summed E-state index contributed by atoms with van der Waals surface area (Å²) in [5.74, 6) is 0. The number of ether oxygens (including phenoxy) is 1. The smallest absolute Gasteiger partial charge is 0.182 e. The van der Waals surface area contributed by atoms with E-state index in [0.29, 0.717) is 0 Å². The van der Waals surface area contributed by atoms with Crippen molar-refractivity contribution in [2.24, 2.45) is 0 Å². The first kappa shape index (κ1) is 9.92. The van der Waals surface area contributed by atoms with E-state index in [1.807, 2.05) is 25.9 Å². The molecule has 0 aromatic rings. The molecule has 0 amide bonds. The van der Waals surface area contributed by atoms with Crippen LogP contribution in [0.4, 0.5) is 0 Å². The van der Waals surface area contributed by atoms with Gasteiger partial charge in [-0.2, -0.15) is 0 Å². The van der Waals surface area contributed by atoms with E-state index >= 15 is 0 Å². The molecule has 0 aliphatic carbocycles. The maximum Gasteiger partial charge on any atom is 0.182 e. The number of hydrogen-bond acceptors (Lipinski definition) is 4. The molecule has 0 radical (unpaired) electrons. The van der Waals surface area contributed by atoms with E-state index in [4.69, 9.17) is 4.74 Å². The average Bonchev–Trinajstić information content (AvgIpc) is 1.96. The van der Waals surface area contributed by atoms with E-state index in [2.05, 4.69) is 0 Å². The Morgan fingerprint density at radius 1 is 1.33 bits per heavy atom. The molecule has 1 fully saturated rings. The first-order valence-corrected chi connectivity index (χ1v) is 4.20. The zero-order chi connectivity index (χ0) is 9.30. The minimum atomic E-state index is -1.04. The first-order valence-electron chi connectivity index (χ1n) is 4.20. The monoisotopic (exact) mass is 175 g/mol. The Bertz CT molecular complexity index is 151. The lowest BCUT2D eigenvalue weighted by Crippen LogP contribution is -2.53.